The van der Waals surface area contributed by atoms with Crippen LogP contribution in [0.4, 0.5) is 24.5 Å². The summed E-state index contributed by atoms with van der Waals surface area (Å²) in [5.74, 6) is -0.162. The van der Waals surface area contributed by atoms with Gasteiger partial charge < -0.3 is 10.6 Å². The summed E-state index contributed by atoms with van der Waals surface area (Å²) in [7, 11) is 0. The number of halogens is 4. The third-order valence-corrected chi connectivity index (χ3v) is 3.12. The summed E-state index contributed by atoms with van der Waals surface area (Å²) in [4.78, 5) is 12.0. The molecule has 23 heavy (non-hydrogen) atoms. The number of carbonyl (C=O) groups excluding carboxylic acids is 1. The van der Waals surface area contributed by atoms with Crippen molar-refractivity contribution in [1.29, 1.82) is 0 Å². The van der Waals surface area contributed by atoms with Crippen LogP contribution in [-0.4, -0.2) is 25.4 Å². The fourth-order valence-electron chi connectivity index (χ4n) is 1.80. The first-order chi connectivity index (χ1) is 10.5. The van der Waals surface area contributed by atoms with Crippen molar-refractivity contribution in [2.75, 3.05) is 23.8 Å². The quantitative estimate of drug-likeness (QED) is 0.680. The molecule has 4 nitrogen and oxygen atoms in total. The van der Waals surface area contributed by atoms with Gasteiger partial charge in [-0.1, -0.05) is 36.7 Å². The van der Waals surface area contributed by atoms with E-state index < -0.39 is 13.0 Å². The molecule has 0 unspecified atom stereocenters. The molecule has 0 bridgehead atoms. The summed E-state index contributed by atoms with van der Waals surface area (Å²) in [5.41, 5.74) is 0.867. The predicted molar refractivity (Wildman–Crippen MR) is 87.3 cm³/mol. The molecule has 8 heteroatoms. The molecule has 0 radical (unpaired) electrons. The molecule has 130 valence electrons. The van der Waals surface area contributed by atoms with E-state index in [0.717, 1.165) is 4.47 Å². The molecule has 0 fully saturated rings. The van der Waals surface area contributed by atoms with Gasteiger partial charge in [0.15, 0.2) is 0 Å². The number of hydrogen-bond donors (Lipinski definition) is 2. The van der Waals surface area contributed by atoms with E-state index in [1.807, 2.05) is 20.8 Å². The van der Waals surface area contributed by atoms with Crippen molar-refractivity contribution in [3.05, 3.63) is 22.7 Å². The predicted octanol–water partition coefficient (Wildman–Crippen LogP) is 4.77. The molecule has 0 heterocycles. The van der Waals surface area contributed by atoms with Crippen molar-refractivity contribution < 1.29 is 22.7 Å². The highest BCUT2D eigenvalue weighted by atomic mass is 79.9. The Morgan fingerprint density at radius 1 is 1.22 bits per heavy atom. The van der Waals surface area contributed by atoms with Gasteiger partial charge in [-0.25, -0.2) is 0 Å². The lowest BCUT2D eigenvalue weighted by Crippen LogP contribution is -2.21. The van der Waals surface area contributed by atoms with Crippen LogP contribution >= 0.6 is 15.9 Å². The first-order valence-electron chi connectivity index (χ1n) is 7.00. The van der Waals surface area contributed by atoms with Crippen LogP contribution in [0.5, 0.6) is 0 Å². The van der Waals surface area contributed by atoms with Gasteiger partial charge in [-0.05, 0) is 23.6 Å². The summed E-state index contributed by atoms with van der Waals surface area (Å²) in [5, 5.41) is 5.59. The zero-order valence-electron chi connectivity index (χ0n) is 13.2. The first-order valence-corrected chi connectivity index (χ1v) is 7.79. The fraction of sp³-hybridized carbons (Fsp3) is 0.533. The molecule has 1 rings (SSSR count). The number of anilines is 2. The van der Waals surface area contributed by atoms with E-state index >= 15 is 0 Å². The Morgan fingerprint density at radius 3 is 2.43 bits per heavy atom. The molecule has 1 aromatic rings. The van der Waals surface area contributed by atoms with E-state index in [0.29, 0.717) is 17.8 Å². The molecule has 0 aliphatic heterocycles. The third kappa shape index (κ3) is 8.80. The molecule has 0 atom stereocenters. The van der Waals surface area contributed by atoms with Crippen LogP contribution in [-0.2, 0) is 9.53 Å². The lowest BCUT2D eigenvalue weighted by atomic mass is 9.92. The summed E-state index contributed by atoms with van der Waals surface area (Å²) in [6.45, 7) is 5.28. The van der Waals surface area contributed by atoms with Gasteiger partial charge in [0.1, 0.15) is 0 Å². The van der Waals surface area contributed by atoms with Crippen LogP contribution in [0.25, 0.3) is 0 Å². The maximum absolute atomic E-state index is 12.0. The van der Waals surface area contributed by atoms with Gasteiger partial charge in [0.25, 0.3) is 0 Å². The van der Waals surface area contributed by atoms with E-state index in [1.54, 1.807) is 18.2 Å². The Balaban J connectivity index is 2.68. The highest BCUT2D eigenvalue weighted by Gasteiger charge is 2.28. The van der Waals surface area contributed by atoms with E-state index in [-0.39, 0.29) is 17.9 Å². The smallest absolute Gasteiger partial charge is 0.381 e. The number of hydrogen-bond acceptors (Lipinski definition) is 3. The van der Waals surface area contributed by atoms with Crippen molar-refractivity contribution in [3.63, 3.8) is 0 Å². The van der Waals surface area contributed by atoms with Crippen molar-refractivity contribution in [1.82, 2.24) is 0 Å². The molecule has 0 saturated carbocycles. The van der Waals surface area contributed by atoms with Crippen molar-refractivity contribution in [2.24, 2.45) is 5.41 Å². The van der Waals surface area contributed by atoms with Crippen molar-refractivity contribution in [2.45, 2.75) is 33.6 Å². The second-order valence-electron chi connectivity index (χ2n) is 6.20. The zero-order valence-corrected chi connectivity index (χ0v) is 14.8. The summed E-state index contributed by atoms with van der Waals surface area (Å²) in [6, 6.07) is 5.09. The Bertz CT molecular complexity index is 543. The molecule has 1 aromatic carbocycles. The summed E-state index contributed by atoms with van der Waals surface area (Å²) < 4.78 is 40.2. The summed E-state index contributed by atoms with van der Waals surface area (Å²) >= 11 is 3.30. The lowest BCUT2D eigenvalue weighted by Gasteiger charge is -2.19. The number of benzene rings is 1. The van der Waals surface area contributed by atoms with E-state index in [1.165, 1.54) is 0 Å². The highest BCUT2D eigenvalue weighted by Crippen LogP contribution is 2.27. The molecule has 2 N–H and O–H groups in total. The van der Waals surface area contributed by atoms with E-state index in [2.05, 4.69) is 31.3 Å². The van der Waals surface area contributed by atoms with Crippen LogP contribution in [0.2, 0.25) is 0 Å². The van der Waals surface area contributed by atoms with Gasteiger partial charge in [-0.3, -0.25) is 9.53 Å². The third-order valence-electron chi connectivity index (χ3n) is 2.63. The largest absolute Gasteiger partial charge is 0.522 e. The Hall–Kier alpha value is -1.28. The minimum atomic E-state index is -4.65. The Labute approximate surface area is 141 Å². The molecular weight excluding hydrogens is 377 g/mol. The molecule has 0 aliphatic carbocycles. The van der Waals surface area contributed by atoms with E-state index in [4.69, 9.17) is 0 Å². The van der Waals surface area contributed by atoms with Crippen molar-refractivity contribution >= 4 is 33.2 Å². The van der Waals surface area contributed by atoms with Crippen LogP contribution in [0, 0.1) is 5.41 Å². The molecule has 1 amide bonds. The molecule has 0 spiro atoms. The Morgan fingerprint density at radius 2 is 1.87 bits per heavy atom. The molecule has 0 saturated heterocycles. The van der Waals surface area contributed by atoms with Gasteiger partial charge >= 0.3 is 6.36 Å². The van der Waals surface area contributed by atoms with Gasteiger partial charge in [-0.15, -0.1) is 13.2 Å². The van der Waals surface area contributed by atoms with Gasteiger partial charge in [0.05, 0.1) is 18.0 Å². The van der Waals surface area contributed by atoms with Crippen LogP contribution < -0.4 is 10.6 Å². The molecule has 0 aliphatic rings. The number of carbonyl (C=O) groups is 1. The minimum absolute atomic E-state index is 0.0384. The molecule has 0 aromatic heterocycles. The second-order valence-corrected chi connectivity index (χ2v) is 7.11. The van der Waals surface area contributed by atoms with E-state index in [9.17, 15) is 18.0 Å². The monoisotopic (exact) mass is 396 g/mol. The average Bonchev–Trinajstić information content (AvgIpc) is 2.33. The number of ether oxygens (including phenoxy) is 1. The fourth-order valence-corrected chi connectivity index (χ4v) is 2.16. The van der Waals surface area contributed by atoms with Crippen LogP contribution in [0.1, 0.15) is 27.2 Å². The molecular formula is C15H20BrF3N2O2. The van der Waals surface area contributed by atoms with Gasteiger partial charge in [0.2, 0.25) is 5.91 Å². The summed E-state index contributed by atoms with van der Waals surface area (Å²) in [6.07, 6.45) is -4.32. The average molecular weight is 397 g/mol. The standard InChI is InChI=1S/C15H20BrF3N2O2/c1-14(2,3)9-13(22)21-12-8-10(16)4-5-11(12)20-6-7-23-15(17,18)19/h4-5,8,20H,6-7,9H2,1-3H3,(H,21,22). The Kier molecular flexibility index (Phi) is 6.88. The van der Waals surface area contributed by atoms with Crippen LogP contribution in [0.3, 0.4) is 0 Å². The van der Waals surface area contributed by atoms with Crippen LogP contribution in [0.15, 0.2) is 22.7 Å². The van der Waals surface area contributed by atoms with Gasteiger partial charge in [-0.2, -0.15) is 0 Å². The maximum atomic E-state index is 12.0. The number of rotatable bonds is 6. The number of nitrogens with one attached hydrogen (secondary N) is 2. The van der Waals surface area contributed by atoms with Gasteiger partial charge in [0, 0.05) is 17.4 Å². The highest BCUT2D eigenvalue weighted by molar-refractivity contribution is 9.10. The first kappa shape index (κ1) is 19.8. The zero-order chi connectivity index (χ0) is 17.7. The number of alkyl halides is 3. The lowest BCUT2D eigenvalue weighted by molar-refractivity contribution is -0.322. The minimum Gasteiger partial charge on any atom is -0.381 e. The second kappa shape index (κ2) is 8.01. The topological polar surface area (TPSA) is 50.4 Å². The maximum Gasteiger partial charge on any atom is 0.522 e. The SMILES string of the molecule is CC(C)(C)CC(=O)Nc1cc(Br)ccc1NCCOC(F)(F)F. The number of amides is 1. The van der Waals surface area contributed by atoms with Crippen molar-refractivity contribution in [3.8, 4) is 0 Å². The normalized spacial score (nSPS) is 12.1.